The Morgan fingerprint density at radius 2 is 1.74 bits per heavy atom. The normalized spacial score (nSPS) is 9.95. The van der Waals surface area contributed by atoms with E-state index in [4.69, 9.17) is 17.0 Å². The molecule has 0 amide bonds. The van der Waals surface area contributed by atoms with Crippen molar-refractivity contribution in [3.05, 3.63) is 77.8 Å². The highest BCUT2D eigenvalue weighted by Gasteiger charge is 2.12. The van der Waals surface area contributed by atoms with Crippen LogP contribution < -0.4 is 4.90 Å². The average molecular weight is 271 g/mol. The van der Waals surface area contributed by atoms with E-state index < -0.39 is 0 Å². The number of nitrogens with one attached hydrogen (secondary N) is 1. The van der Waals surface area contributed by atoms with Crippen LogP contribution in [0.15, 0.2) is 67.3 Å². The first-order chi connectivity index (χ1) is 9.22. The molecule has 0 unspecified atom stereocenters. The Morgan fingerprint density at radius 1 is 1.11 bits per heavy atom. The lowest BCUT2D eigenvalue weighted by atomic mass is 10.1. The summed E-state index contributed by atoms with van der Waals surface area (Å²) in [6.07, 6.45) is 1.79. The van der Waals surface area contributed by atoms with E-state index in [1.165, 1.54) is 0 Å². The summed E-state index contributed by atoms with van der Waals surface area (Å²) in [6, 6.07) is 17.1. The highest BCUT2D eigenvalue weighted by atomic mass is 35.5. The van der Waals surface area contributed by atoms with E-state index in [9.17, 15) is 0 Å². The van der Waals surface area contributed by atoms with Crippen LogP contribution in [0.2, 0.25) is 5.02 Å². The Kier molecular flexibility index (Phi) is 4.37. The van der Waals surface area contributed by atoms with E-state index in [2.05, 4.69) is 6.58 Å². The third kappa shape index (κ3) is 3.24. The second-order valence-corrected chi connectivity index (χ2v) is 4.53. The molecule has 2 rings (SSSR count). The molecule has 0 aliphatic carbocycles. The summed E-state index contributed by atoms with van der Waals surface area (Å²) in [7, 11) is 0. The summed E-state index contributed by atoms with van der Waals surface area (Å²) >= 11 is 5.87. The van der Waals surface area contributed by atoms with Crippen molar-refractivity contribution in [3.8, 4) is 0 Å². The van der Waals surface area contributed by atoms with E-state index in [1.807, 2.05) is 47.4 Å². The molecular weight excluding hydrogens is 256 g/mol. The molecular formula is C16H15ClN2. The molecule has 0 radical (unpaired) electrons. The minimum atomic E-state index is 0.433. The van der Waals surface area contributed by atoms with Crippen LogP contribution in [0.25, 0.3) is 0 Å². The predicted molar refractivity (Wildman–Crippen MR) is 82.3 cm³/mol. The largest absolute Gasteiger partial charge is 0.323 e. The molecule has 0 aliphatic rings. The summed E-state index contributed by atoms with van der Waals surface area (Å²) in [4.78, 5) is 1.90. The van der Waals surface area contributed by atoms with Crippen LogP contribution in [0.5, 0.6) is 0 Å². The van der Waals surface area contributed by atoms with Crippen molar-refractivity contribution < 1.29 is 0 Å². The number of nitrogens with zero attached hydrogens (tertiary/aromatic N) is 1. The Bertz CT molecular complexity index is 561. The van der Waals surface area contributed by atoms with E-state index in [1.54, 1.807) is 18.2 Å². The van der Waals surface area contributed by atoms with Gasteiger partial charge in [-0.3, -0.25) is 5.41 Å². The third-order valence-corrected chi connectivity index (χ3v) is 3.02. The summed E-state index contributed by atoms with van der Waals surface area (Å²) in [5.41, 5.74) is 1.80. The molecule has 0 aromatic heterocycles. The van der Waals surface area contributed by atoms with Crippen LogP contribution in [-0.2, 0) is 0 Å². The van der Waals surface area contributed by atoms with E-state index >= 15 is 0 Å². The van der Waals surface area contributed by atoms with Gasteiger partial charge in [0.2, 0.25) is 0 Å². The number of benzene rings is 2. The van der Waals surface area contributed by atoms with E-state index in [0.29, 0.717) is 17.4 Å². The van der Waals surface area contributed by atoms with Gasteiger partial charge in [-0.05, 0) is 36.4 Å². The van der Waals surface area contributed by atoms with Gasteiger partial charge in [0.1, 0.15) is 5.84 Å². The molecule has 0 atom stereocenters. The molecule has 0 bridgehead atoms. The van der Waals surface area contributed by atoms with Gasteiger partial charge in [0, 0.05) is 22.8 Å². The fraction of sp³-hybridized carbons (Fsp3) is 0.0625. The van der Waals surface area contributed by atoms with Crippen molar-refractivity contribution in [1.29, 1.82) is 5.41 Å². The van der Waals surface area contributed by atoms with Gasteiger partial charge in [0.05, 0.1) is 0 Å². The predicted octanol–water partition coefficient (Wildman–Crippen LogP) is 4.36. The molecule has 2 nitrogen and oxygen atoms in total. The Labute approximate surface area is 118 Å². The lowest BCUT2D eigenvalue weighted by Gasteiger charge is -2.24. The second kappa shape index (κ2) is 6.21. The van der Waals surface area contributed by atoms with E-state index in [-0.39, 0.29) is 0 Å². The van der Waals surface area contributed by atoms with Gasteiger partial charge in [-0.2, -0.15) is 0 Å². The number of para-hydroxylation sites is 1. The van der Waals surface area contributed by atoms with Crippen LogP contribution in [0.3, 0.4) is 0 Å². The van der Waals surface area contributed by atoms with Gasteiger partial charge in [-0.15, -0.1) is 6.58 Å². The SMILES string of the molecule is C=CCN(C(=N)c1ccc(Cl)cc1)c1ccccc1. The highest BCUT2D eigenvalue weighted by Crippen LogP contribution is 2.18. The van der Waals surface area contributed by atoms with Crippen molar-refractivity contribution in [3.63, 3.8) is 0 Å². The van der Waals surface area contributed by atoms with Crippen molar-refractivity contribution in [2.24, 2.45) is 0 Å². The van der Waals surface area contributed by atoms with Gasteiger partial charge in [0.15, 0.2) is 0 Å². The van der Waals surface area contributed by atoms with Gasteiger partial charge < -0.3 is 4.90 Å². The molecule has 1 N–H and O–H groups in total. The Balaban J connectivity index is 2.31. The van der Waals surface area contributed by atoms with Crippen molar-refractivity contribution >= 4 is 23.1 Å². The number of hydrogen-bond acceptors (Lipinski definition) is 1. The summed E-state index contributed by atoms with van der Waals surface area (Å²) in [6.45, 7) is 4.35. The Hall–Kier alpha value is -2.06. The maximum Gasteiger partial charge on any atom is 0.132 e. The van der Waals surface area contributed by atoms with Crippen molar-refractivity contribution in [2.45, 2.75) is 0 Å². The minimum absolute atomic E-state index is 0.433. The van der Waals surface area contributed by atoms with Gasteiger partial charge in [-0.1, -0.05) is 35.9 Å². The van der Waals surface area contributed by atoms with Crippen molar-refractivity contribution in [1.82, 2.24) is 0 Å². The lowest BCUT2D eigenvalue weighted by Crippen LogP contribution is -2.30. The zero-order valence-electron chi connectivity index (χ0n) is 10.5. The maximum atomic E-state index is 8.33. The number of anilines is 1. The summed E-state index contributed by atoms with van der Waals surface area (Å²) in [5.74, 6) is 0.433. The molecule has 0 saturated carbocycles. The Morgan fingerprint density at radius 3 is 2.32 bits per heavy atom. The third-order valence-electron chi connectivity index (χ3n) is 2.77. The molecule has 0 heterocycles. The molecule has 19 heavy (non-hydrogen) atoms. The quantitative estimate of drug-likeness (QED) is 0.499. The first-order valence-electron chi connectivity index (χ1n) is 6.00. The minimum Gasteiger partial charge on any atom is -0.323 e. The number of amidine groups is 1. The molecule has 3 heteroatoms. The second-order valence-electron chi connectivity index (χ2n) is 4.09. The fourth-order valence-electron chi connectivity index (χ4n) is 1.83. The zero-order valence-corrected chi connectivity index (χ0v) is 11.3. The van der Waals surface area contributed by atoms with Gasteiger partial charge >= 0.3 is 0 Å². The van der Waals surface area contributed by atoms with Crippen LogP contribution >= 0.6 is 11.6 Å². The first kappa shape index (κ1) is 13.4. The monoisotopic (exact) mass is 270 g/mol. The van der Waals surface area contributed by atoms with Crippen LogP contribution in [0, 0.1) is 5.41 Å². The van der Waals surface area contributed by atoms with Gasteiger partial charge in [0.25, 0.3) is 0 Å². The van der Waals surface area contributed by atoms with Crippen LogP contribution in [0.4, 0.5) is 5.69 Å². The van der Waals surface area contributed by atoms with Crippen LogP contribution in [-0.4, -0.2) is 12.4 Å². The number of rotatable bonds is 4. The smallest absolute Gasteiger partial charge is 0.132 e. The van der Waals surface area contributed by atoms with Crippen LogP contribution in [0.1, 0.15) is 5.56 Å². The summed E-state index contributed by atoms with van der Waals surface area (Å²) in [5, 5.41) is 9.01. The molecule has 2 aromatic carbocycles. The maximum absolute atomic E-state index is 8.33. The van der Waals surface area contributed by atoms with E-state index in [0.717, 1.165) is 11.3 Å². The topological polar surface area (TPSA) is 27.1 Å². The lowest BCUT2D eigenvalue weighted by molar-refractivity contribution is 1.12. The number of hydrogen-bond donors (Lipinski definition) is 1. The van der Waals surface area contributed by atoms with Gasteiger partial charge in [-0.25, -0.2) is 0 Å². The molecule has 0 fully saturated rings. The fourth-order valence-corrected chi connectivity index (χ4v) is 1.95. The average Bonchev–Trinajstić information content (AvgIpc) is 2.46. The summed E-state index contributed by atoms with van der Waals surface area (Å²) < 4.78 is 0. The van der Waals surface area contributed by atoms with Crippen molar-refractivity contribution in [2.75, 3.05) is 11.4 Å². The molecule has 0 saturated heterocycles. The molecule has 0 aliphatic heterocycles. The number of halogens is 1. The molecule has 2 aromatic rings. The zero-order chi connectivity index (χ0) is 13.7. The molecule has 96 valence electrons. The first-order valence-corrected chi connectivity index (χ1v) is 6.38. The highest BCUT2D eigenvalue weighted by molar-refractivity contribution is 6.30. The molecule has 0 spiro atoms. The standard InChI is InChI=1S/C16H15ClN2/c1-2-12-19(15-6-4-3-5-7-15)16(18)13-8-10-14(17)11-9-13/h2-11,18H,1,12H2.